The number of carboxylic acid groups (broad SMARTS) is 1. The van der Waals surface area contributed by atoms with Crippen LogP contribution in [0.15, 0.2) is 0 Å². The van der Waals surface area contributed by atoms with Gasteiger partial charge >= 0.3 is 5.97 Å². The van der Waals surface area contributed by atoms with Crippen LogP contribution < -0.4 is 0 Å². The largest absolute Gasteiger partial charge is 0.481 e. The van der Waals surface area contributed by atoms with Gasteiger partial charge in [-0.05, 0) is 31.1 Å². The van der Waals surface area contributed by atoms with Crippen LogP contribution in [0.4, 0.5) is 0 Å². The van der Waals surface area contributed by atoms with Crippen molar-refractivity contribution in [2.45, 2.75) is 32.1 Å². The smallest absolute Gasteiger partial charge is 0.306 e. The minimum absolute atomic E-state index is 0. The van der Waals surface area contributed by atoms with Crippen LogP contribution in [0, 0.1) is 17.8 Å². The van der Waals surface area contributed by atoms with E-state index in [9.17, 15) is 4.79 Å². The number of carbonyl (C=O) groups is 1. The average molecular weight is 191 g/mol. The summed E-state index contributed by atoms with van der Waals surface area (Å²) in [5.41, 5.74) is 0. The molecule has 1 atom stereocenters. The van der Waals surface area contributed by atoms with Crippen molar-refractivity contribution in [2.24, 2.45) is 17.8 Å². The zero-order valence-corrected chi connectivity index (χ0v) is 7.85. The Morgan fingerprint density at radius 3 is 2.00 bits per heavy atom. The normalized spacial score (nSPS) is 38.8. The second-order valence-electron chi connectivity index (χ2n) is 3.96. The average Bonchev–Trinajstić information content (AvgIpc) is 2.06. The number of hydrogen-bond acceptors (Lipinski definition) is 1. The molecular weight excluding hydrogens is 176 g/mol. The fourth-order valence-corrected chi connectivity index (χ4v) is 2.68. The fourth-order valence-electron chi connectivity index (χ4n) is 2.68. The van der Waals surface area contributed by atoms with Crippen LogP contribution in [-0.2, 0) is 4.79 Å². The molecule has 12 heavy (non-hydrogen) atoms. The molecule has 0 amide bonds. The van der Waals surface area contributed by atoms with Gasteiger partial charge in [0.2, 0.25) is 0 Å². The molecule has 0 heterocycles. The van der Waals surface area contributed by atoms with Crippen molar-refractivity contribution in [1.29, 1.82) is 0 Å². The summed E-state index contributed by atoms with van der Waals surface area (Å²) in [6.45, 7) is 0. The van der Waals surface area contributed by atoms with Crippen molar-refractivity contribution >= 4 is 18.4 Å². The highest BCUT2D eigenvalue weighted by molar-refractivity contribution is 5.85. The van der Waals surface area contributed by atoms with E-state index in [2.05, 4.69) is 0 Å². The molecule has 3 heteroatoms. The summed E-state index contributed by atoms with van der Waals surface area (Å²) in [7, 11) is 0. The van der Waals surface area contributed by atoms with E-state index in [1.807, 2.05) is 0 Å². The first kappa shape index (κ1) is 9.85. The maximum absolute atomic E-state index is 10.7. The molecular formula is C9H15ClO2. The number of hydrogen-bond donors (Lipinski definition) is 1. The molecule has 0 aromatic rings. The van der Waals surface area contributed by atoms with Gasteiger partial charge in [0.15, 0.2) is 0 Å². The predicted octanol–water partition coefficient (Wildman–Crippen LogP) is 2.32. The van der Waals surface area contributed by atoms with E-state index >= 15 is 0 Å². The monoisotopic (exact) mass is 190 g/mol. The van der Waals surface area contributed by atoms with Crippen molar-refractivity contribution in [3.63, 3.8) is 0 Å². The highest BCUT2D eigenvalue weighted by atomic mass is 35.5. The minimum Gasteiger partial charge on any atom is -0.481 e. The van der Waals surface area contributed by atoms with Crippen LogP contribution in [0.3, 0.4) is 0 Å². The first-order valence-corrected chi connectivity index (χ1v) is 4.50. The highest BCUT2D eigenvalue weighted by Crippen LogP contribution is 2.44. The van der Waals surface area contributed by atoms with Crippen LogP contribution in [0.1, 0.15) is 32.1 Å². The molecule has 0 radical (unpaired) electrons. The molecule has 0 aromatic heterocycles. The molecule has 2 bridgehead atoms. The van der Waals surface area contributed by atoms with Gasteiger partial charge in [0.25, 0.3) is 0 Å². The Bertz CT molecular complexity index is 173. The van der Waals surface area contributed by atoms with Gasteiger partial charge in [-0.15, -0.1) is 12.4 Å². The lowest BCUT2D eigenvalue weighted by molar-refractivity contribution is -0.147. The zero-order valence-electron chi connectivity index (χ0n) is 7.03. The third-order valence-electron chi connectivity index (χ3n) is 3.36. The molecule has 3 rings (SSSR count). The first-order valence-electron chi connectivity index (χ1n) is 4.50. The Labute approximate surface area is 78.8 Å². The maximum Gasteiger partial charge on any atom is 0.306 e. The predicted molar refractivity (Wildman–Crippen MR) is 48.4 cm³/mol. The number of fused-ring (bicyclic) bond motifs is 3. The van der Waals surface area contributed by atoms with E-state index in [1.165, 1.54) is 25.7 Å². The van der Waals surface area contributed by atoms with Gasteiger partial charge < -0.3 is 5.11 Å². The van der Waals surface area contributed by atoms with Gasteiger partial charge in [0.05, 0.1) is 5.92 Å². The van der Waals surface area contributed by atoms with Crippen molar-refractivity contribution < 1.29 is 9.90 Å². The van der Waals surface area contributed by atoms with E-state index in [0.717, 1.165) is 12.3 Å². The van der Waals surface area contributed by atoms with E-state index in [0.29, 0.717) is 5.92 Å². The standard InChI is InChI=1S/C9H14O2.ClH/c10-9(11)8-5-6-1-3-7(8)4-2-6;/h6-8H,1-5H2,(H,10,11);1H/t6?,7?,8-;/m0./s1. The molecule has 3 aliphatic rings. The molecule has 3 fully saturated rings. The Kier molecular flexibility index (Phi) is 2.99. The lowest BCUT2D eigenvalue weighted by Gasteiger charge is -2.40. The number of carboxylic acids is 1. The van der Waals surface area contributed by atoms with Crippen LogP contribution in [0.2, 0.25) is 0 Å². The van der Waals surface area contributed by atoms with Gasteiger partial charge in [-0.2, -0.15) is 0 Å². The summed E-state index contributed by atoms with van der Waals surface area (Å²) < 4.78 is 0. The number of aliphatic carboxylic acids is 1. The van der Waals surface area contributed by atoms with Gasteiger partial charge in [-0.3, -0.25) is 4.79 Å². The lowest BCUT2D eigenvalue weighted by Crippen LogP contribution is -2.35. The summed E-state index contributed by atoms with van der Waals surface area (Å²) in [4.78, 5) is 10.7. The Balaban J connectivity index is 0.000000720. The van der Waals surface area contributed by atoms with Gasteiger partial charge in [-0.25, -0.2) is 0 Å². The van der Waals surface area contributed by atoms with Gasteiger partial charge in [-0.1, -0.05) is 12.8 Å². The van der Waals surface area contributed by atoms with E-state index in [4.69, 9.17) is 5.11 Å². The molecule has 3 aliphatic carbocycles. The SMILES string of the molecule is Cl.O=C(O)[C@H]1CC2CCC1CC2. The quantitative estimate of drug-likeness (QED) is 0.689. The van der Waals surface area contributed by atoms with Crippen LogP contribution in [0.5, 0.6) is 0 Å². The van der Waals surface area contributed by atoms with Gasteiger partial charge in [0, 0.05) is 0 Å². The van der Waals surface area contributed by atoms with Crippen molar-refractivity contribution in [1.82, 2.24) is 0 Å². The molecule has 3 saturated carbocycles. The molecule has 1 N–H and O–H groups in total. The Morgan fingerprint density at radius 2 is 1.75 bits per heavy atom. The minimum atomic E-state index is -0.556. The van der Waals surface area contributed by atoms with E-state index < -0.39 is 5.97 Å². The molecule has 2 nitrogen and oxygen atoms in total. The first-order chi connectivity index (χ1) is 5.27. The summed E-state index contributed by atoms with van der Waals surface area (Å²) in [6.07, 6.45) is 5.87. The summed E-state index contributed by atoms with van der Waals surface area (Å²) in [6, 6.07) is 0. The fraction of sp³-hybridized carbons (Fsp3) is 0.889. The Hall–Kier alpha value is -0.240. The summed E-state index contributed by atoms with van der Waals surface area (Å²) in [5.74, 6) is 0.695. The molecule has 0 spiro atoms. The van der Waals surface area contributed by atoms with Crippen LogP contribution in [-0.4, -0.2) is 11.1 Å². The lowest BCUT2D eigenvalue weighted by atomic mass is 9.65. The third-order valence-corrected chi connectivity index (χ3v) is 3.36. The summed E-state index contributed by atoms with van der Waals surface area (Å²) >= 11 is 0. The van der Waals surface area contributed by atoms with Crippen LogP contribution in [0.25, 0.3) is 0 Å². The molecule has 0 aliphatic heterocycles. The van der Waals surface area contributed by atoms with Crippen molar-refractivity contribution in [3.05, 3.63) is 0 Å². The van der Waals surface area contributed by atoms with E-state index in [1.54, 1.807) is 0 Å². The molecule has 0 aromatic carbocycles. The van der Waals surface area contributed by atoms with E-state index in [-0.39, 0.29) is 18.3 Å². The van der Waals surface area contributed by atoms with Gasteiger partial charge in [0.1, 0.15) is 0 Å². The highest BCUT2D eigenvalue weighted by Gasteiger charge is 2.39. The maximum atomic E-state index is 10.7. The Morgan fingerprint density at radius 1 is 1.17 bits per heavy atom. The topological polar surface area (TPSA) is 37.3 Å². The number of rotatable bonds is 1. The van der Waals surface area contributed by atoms with Crippen LogP contribution >= 0.6 is 12.4 Å². The summed E-state index contributed by atoms with van der Waals surface area (Å²) in [5, 5.41) is 8.86. The molecule has 70 valence electrons. The second kappa shape index (κ2) is 3.65. The van der Waals surface area contributed by atoms with Crippen molar-refractivity contribution in [3.8, 4) is 0 Å². The third kappa shape index (κ3) is 1.58. The molecule has 0 saturated heterocycles. The number of halogens is 1. The zero-order chi connectivity index (χ0) is 7.84. The van der Waals surface area contributed by atoms with Crippen molar-refractivity contribution in [2.75, 3.05) is 0 Å². The second-order valence-corrected chi connectivity index (χ2v) is 3.96. The molecule has 0 unspecified atom stereocenters.